The van der Waals surface area contributed by atoms with Gasteiger partial charge in [0.25, 0.3) is 0 Å². The van der Waals surface area contributed by atoms with Crippen molar-refractivity contribution in [2.75, 3.05) is 0 Å². The number of hydrogen-bond acceptors (Lipinski definition) is 6. The molecule has 0 aliphatic carbocycles. The van der Waals surface area contributed by atoms with Crippen LogP contribution in [0.25, 0.3) is 10.9 Å². The summed E-state index contributed by atoms with van der Waals surface area (Å²) in [6.07, 6.45) is 1.23. The summed E-state index contributed by atoms with van der Waals surface area (Å²) in [5.41, 5.74) is 7.34. The number of hydrogen-bond donors (Lipinski definition) is 7. The Kier molecular flexibility index (Phi) is 9.78. The third kappa shape index (κ3) is 7.27. The standard InChI is InChI=1S/C24H35N5O6/c1-5-12(2)20(24(34)35)29-21(31)13(3)27-22(32)18(28-23(33)19(25)14(4)30)10-15-11-26-17-9-7-6-8-16(15)17/h6-9,11-14,18-20,26,30H,5,10,25H2,1-4H3,(H,27,32)(H,28,33)(H,29,31)(H,34,35). The van der Waals surface area contributed by atoms with Crippen LogP contribution < -0.4 is 21.7 Å². The minimum absolute atomic E-state index is 0.0904. The van der Waals surface area contributed by atoms with Crippen molar-refractivity contribution >= 4 is 34.6 Å². The zero-order chi connectivity index (χ0) is 26.3. The number of aromatic amines is 1. The highest BCUT2D eigenvalue weighted by molar-refractivity contribution is 5.94. The van der Waals surface area contributed by atoms with Crippen LogP contribution in [-0.4, -0.2) is 69.2 Å². The number of nitrogens with one attached hydrogen (secondary N) is 4. The normalized spacial score (nSPS) is 16.4. The van der Waals surface area contributed by atoms with Gasteiger partial charge in [0, 0.05) is 23.5 Å². The predicted octanol–water partition coefficient (Wildman–Crippen LogP) is 0.0235. The van der Waals surface area contributed by atoms with Crippen molar-refractivity contribution in [3.63, 3.8) is 0 Å². The molecule has 11 nitrogen and oxygen atoms in total. The van der Waals surface area contributed by atoms with Crippen LogP contribution in [0.1, 0.15) is 39.7 Å². The number of amides is 3. The Morgan fingerprint density at radius 3 is 2.26 bits per heavy atom. The van der Waals surface area contributed by atoms with Crippen molar-refractivity contribution in [1.29, 1.82) is 0 Å². The average Bonchev–Trinajstić information content (AvgIpc) is 3.23. The molecule has 11 heteroatoms. The molecule has 35 heavy (non-hydrogen) atoms. The second-order valence-corrected chi connectivity index (χ2v) is 8.83. The Labute approximate surface area is 203 Å². The van der Waals surface area contributed by atoms with E-state index in [0.29, 0.717) is 6.42 Å². The lowest BCUT2D eigenvalue weighted by molar-refractivity contribution is -0.143. The summed E-state index contributed by atoms with van der Waals surface area (Å²) in [6, 6.07) is 2.93. The molecule has 0 fully saturated rings. The molecule has 0 saturated heterocycles. The lowest BCUT2D eigenvalue weighted by Gasteiger charge is -2.25. The van der Waals surface area contributed by atoms with Crippen LogP contribution in [0.3, 0.4) is 0 Å². The molecule has 1 heterocycles. The fourth-order valence-electron chi connectivity index (χ4n) is 3.56. The van der Waals surface area contributed by atoms with Gasteiger partial charge in [-0.1, -0.05) is 38.5 Å². The molecule has 0 aliphatic heterocycles. The summed E-state index contributed by atoms with van der Waals surface area (Å²) in [4.78, 5) is 52.9. The summed E-state index contributed by atoms with van der Waals surface area (Å²) in [5.74, 6) is -3.51. The molecule has 1 aromatic carbocycles. The van der Waals surface area contributed by atoms with E-state index < -0.39 is 54.0 Å². The van der Waals surface area contributed by atoms with E-state index in [2.05, 4.69) is 20.9 Å². The summed E-state index contributed by atoms with van der Waals surface area (Å²) in [6.45, 7) is 6.31. The van der Waals surface area contributed by atoms with Crippen molar-refractivity contribution in [3.8, 4) is 0 Å². The Balaban J connectivity index is 2.19. The zero-order valence-electron chi connectivity index (χ0n) is 20.4. The van der Waals surface area contributed by atoms with Crippen molar-refractivity contribution in [2.45, 2.75) is 70.8 Å². The van der Waals surface area contributed by atoms with E-state index in [0.717, 1.165) is 16.5 Å². The minimum Gasteiger partial charge on any atom is -0.480 e. The van der Waals surface area contributed by atoms with E-state index in [1.807, 2.05) is 31.2 Å². The molecule has 6 atom stereocenters. The van der Waals surface area contributed by atoms with Gasteiger partial charge in [0.1, 0.15) is 24.2 Å². The summed E-state index contributed by atoms with van der Waals surface area (Å²) < 4.78 is 0. The molecular formula is C24H35N5O6. The highest BCUT2D eigenvalue weighted by Crippen LogP contribution is 2.19. The van der Waals surface area contributed by atoms with Gasteiger partial charge in [-0.15, -0.1) is 0 Å². The second kappa shape index (κ2) is 12.3. The zero-order valence-corrected chi connectivity index (χ0v) is 20.4. The first-order valence-corrected chi connectivity index (χ1v) is 11.6. The topological polar surface area (TPSA) is 187 Å². The van der Waals surface area contributed by atoms with Gasteiger partial charge in [-0.2, -0.15) is 0 Å². The molecule has 3 amide bonds. The van der Waals surface area contributed by atoms with Gasteiger partial charge >= 0.3 is 5.97 Å². The van der Waals surface area contributed by atoms with Crippen molar-refractivity contribution < 1.29 is 29.4 Å². The molecule has 2 aromatic rings. The number of carbonyl (C=O) groups is 4. The Hall–Kier alpha value is -3.44. The number of aliphatic hydroxyl groups excluding tert-OH is 1. The first-order chi connectivity index (χ1) is 16.5. The van der Waals surface area contributed by atoms with Crippen LogP contribution in [0.2, 0.25) is 0 Å². The minimum atomic E-state index is -1.25. The lowest BCUT2D eigenvalue weighted by Crippen LogP contribution is -2.58. The number of benzene rings is 1. The number of nitrogens with two attached hydrogens (primary N) is 1. The SMILES string of the molecule is CCC(C)C(NC(=O)C(C)NC(=O)C(Cc1c[nH]c2ccccc12)NC(=O)C(N)C(C)O)C(=O)O. The van der Waals surface area contributed by atoms with Gasteiger partial charge in [-0.25, -0.2) is 4.79 Å². The summed E-state index contributed by atoms with van der Waals surface area (Å²) in [5, 5.41) is 27.5. The van der Waals surface area contributed by atoms with Crippen LogP contribution in [-0.2, 0) is 25.6 Å². The van der Waals surface area contributed by atoms with E-state index in [-0.39, 0.29) is 12.3 Å². The first-order valence-electron chi connectivity index (χ1n) is 11.6. The molecular weight excluding hydrogens is 454 g/mol. The first kappa shape index (κ1) is 27.8. The van der Waals surface area contributed by atoms with Crippen LogP contribution in [0.5, 0.6) is 0 Å². The van der Waals surface area contributed by atoms with Gasteiger partial charge < -0.3 is 36.9 Å². The molecule has 1 aromatic heterocycles. The number of carbonyl (C=O) groups excluding carboxylic acids is 3. The van der Waals surface area contributed by atoms with Crippen molar-refractivity contribution in [1.82, 2.24) is 20.9 Å². The Morgan fingerprint density at radius 2 is 1.66 bits per heavy atom. The predicted molar refractivity (Wildman–Crippen MR) is 130 cm³/mol. The van der Waals surface area contributed by atoms with Crippen LogP contribution in [0.15, 0.2) is 30.5 Å². The number of fused-ring (bicyclic) bond motifs is 1. The second-order valence-electron chi connectivity index (χ2n) is 8.83. The number of aliphatic hydroxyl groups is 1. The van der Waals surface area contributed by atoms with Crippen LogP contribution in [0, 0.1) is 5.92 Å². The monoisotopic (exact) mass is 489 g/mol. The van der Waals surface area contributed by atoms with E-state index >= 15 is 0 Å². The Morgan fingerprint density at radius 1 is 1.00 bits per heavy atom. The van der Waals surface area contributed by atoms with Gasteiger partial charge in [0.2, 0.25) is 17.7 Å². The number of carboxylic acids is 1. The molecule has 0 aliphatic rings. The molecule has 8 N–H and O–H groups in total. The van der Waals surface area contributed by atoms with Gasteiger partial charge in [-0.3, -0.25) is 14.4 Å². The molecule has 0 bridgehead atoms. The quantitative estimate of drug-likeness (QED) is 0.219. The maximum Gasteiger partial charge on any atom is 0.326 e. The van der Waals surface area contributed by atoms with Crippen LogP contribution in [0.4, 0.5) is 0 Å². The highest BCUT2D eigenvalue weighted by atomic mass is 16.4. The van der Waals surface area contributed by atoms with Gasteiger partial charge in [0.15, 0.2) is 0 Å². The molecule has 6 unspecified atom stereocenters. The number of aliphatic carboxylic acids is 1. The number of rotatable bonds is 12. The smallest absolute Gasteiger partial charge is 0.326 e. The highest BCUT2D eigenvalue weighted by Gasteiger charge is 2.31. The number of H-pyrrole nitrogens is 1. The number of para-hydroxylation sites is 1. The lowest BCUT2D eigenvalue weighted by atomic mass is 9.99. The summed E-state index contributed by atoms with van der Waals surface area (Å²) >= 11 is 0. The maximum absolute atomic E-state index is 13.1. The molecule has 0 spiro atoms. The Bertz CT molecular complexity index is 1050. The molecule has 0 saturated carbocycles. The fraction of sp³-hybridized carbons (Fsp3) is 0.500. The largest absolute Gasteiger partial charge is 0.480 e. The number of carboxylic acid groups (broad SMARTS) is 1. The van der Waals surface area contributed by atoms with E-state index in [4.69, 9.17) is 5.73 Å². The van der Waals surface area contributed by atoms with E-state index in [1.165, 1.54) is 13.8 Å². The molecule has 2 rings (SSSR count). The van der Waals surface area contributed by atoms with E-state index in [1.54, 1.807) is 13.1 Å². The van der Waals surface area contributed by atoms with Crippen molar-refractivity contribution in [3.05, 3.63) is 36.0 Å². The molecule has 0 radical (unpaired) electrons. The third-order valence-corrected chi connectivity index (χ3v) is 6.08. The summed E-state index contributed by atoms with van der Waals surface area (Å²) in [7, 11) is 0. The maximum atomic E-state index is 13.1. The van der Waals surface area contributed by atoms with E-state index in [9.17, 15) is 29.4 Å². The average molecular weight is 490 g/mol. The van der Waals surface area contributed by atoms with Crippen LogP contribution >= 0.6 is 0 Å². The van der Waals surface area contributed by atoms with Gasteiger partial charge in [-0.05, 0) is 31.4 Å². The number of aromatic nitrogens is 1. The fourth-order valence-corrected chi connectivity index (χ4v) is 3.56. The van der Waals surface area contributed by atoms with Gasteiger partial charge in [0.05, 0.1) is 6.10 Å². The third-order valence-electron chi connectivity index (χ3n) is 6.08. The molecule has 192 valence electrons. The van der Waals surface area contributed by atoms with Crippen molar-refractivity contribution in [2.24, 2.45) is 11.7 Å².